The highest BCUT2D eigenvalue weighted by Crippen LogP contribution is 2.13. The first-order valence-electron chi connectivity index (χ1n) is 5.71. The van der Waals surface area contributed by atoms with Gasteiger partial charge in [-0.15, -0.1) is 0 Å². The molecule has 1 heterocycles. The van der Waals surface area contributed by atoms with Crippen molar-refractivity contribution < 1.29 is 9.59 Å². The van der Waals surface area contributed by atoms with Crippen molar-refractivity contribution in [1.29, 1.82) is 0 Å². The minimum atomic E-state index is -0.356. The van der Waals surface area contributed by atoms with Crippen LogP contribution in [0.2, 0.25) is 0 Å². The second-order valence-corrected chi connectivity index (χ2v) is 4.70. The second kappa shape index (κ2) is 5.41. The number of imide groups is 1. The lowest BCUT2D eigenvalue weighted by Gasteiger charge is -2.21. The third-order valence-electron chi connectivity index (χ3n) is 3.25. The van der Waals surface area contributed by atoms with Gasteiger partial charge in [-0.2, -0.15) is 0 Å². The molecule has 0 radical (unpaired) electrons. The highest BCUT2D eigenvalue weighted by molar-refractivity contribution is 6.05. The van der Waals surface area contributed by atoms with Crippen LogP contribution in [0.1, 0.15) is 20.3 Å². The molecule has 1 fully saturated rings. The number of carbonyl (C=O) groups excluding carboxylic acids is 2. The fourth-order valence-electron chi connectivity index (χ4n) is 1.80. The van der Waals surface area contributed by atoms with Gasteiger partial charge in [0, 0.05) is 13.6 Å². The van der Waals surface area contributed by atoms with Crippen molar-refractivity contribution in [3.63, 3.8) is 0 Å². The summed E-state index contributed by atoms with van der Waals surface area (Å²) >= 11 is 0. The lowest BCUT2D eigenvalue weighted by molar-refractivity contribution is -0.137. The maximum absolute atomic E-state index is 11.6. The fourth-order valence-corrected chi connectivity index (χ4v) is 1.80. The molecule has 5 heteroatoms. The summed E-state index contributed by atoms with van der Waals surface area (Å²) in [6, 6.07) is -0.356. The molecule has 0 aliphatic carbocycles. The molecule has 0 bridgehead atoms. The van der Waals surface area contributed by atoms with Gasteiger partial charge in [0.2, 0.25) is 11.8 Å². The normalized spacial score (nSPS) is 23.3. The lowest BCUT2D eigenvalue weighted by atomic mass is 9.96. The summed E-state index contributed by atoms with van der Waals surface area (Å²) in [6.07, 6.45) is 0.269. The molecular formula is C11H21N3O2. The fraction of sp³-hybridized carbons (Fsp3) is 0.818. The van der Waals surface area contributed by atoms with E-state index in [1.165, 1.54) is 11.9 Å². The predicted octanol–water partition coefficient (Wildman–Crippen LogP) is -0.436. The molecule has 5 nitrogen and oxygen atoms in total. The van der Waals surface area contributed by atoms with E-state index in [-0.39, 0.29) is 24.3 Å². The number of nitrogens with one attached hydrogen (secondary N) is 1. The Morgan fingerprint density at radius 1 is 1.50 bits per heavy atom. The molecule has 1 saturated heterocycles. The Bertz CT molecular complexity index is 278. The Balaban J connectivity index is 2.44. The summed E-state index contributed by atoms with van der Waals surface area (Å²) in [5.41, 5.74) is 5.65. The van der Waals surface area contributed by atoms with Gasteiger partial charge in [0.15, 0.2) is 0 Å². The Morgan fingerprint density at radius 2 is 2.12 bits per heavy atom. The summed E-state index contributed by atoms with van der Waals surface area (Å²) < 4.78 is 0. The molecule has 1 rings (SSSR count). The molecule has 0 aromatic rings. The summed E-state index contributed by atoms with van der Waals surface area (Å²) in [4.78, 5) is 24.1. The topological polar surface area (TPSA) is 75.4 Å². The van der Waals surface area contributed by atoms with E-state index in [4.69, 9.17) is 5.73 Å². The van der Waals surface area contributed by atoms with E-state index in [0.29, 0.717) is 24.9 Å². The van der Waals surface area contributed by atoms with E-state index in [2.05, 4.69) is 19.2 Å². The molecule has 1 aliphatic heterocycles. The zero-order valence-electron chi connectivity index (χ0n) is 10.2. The lowest BCUT2D eigenvalue weighted by Crippen LogP contribution is -2.41. The maximum Gasteiger partial charge on any atom is 0.246 e. The SMILES string of the molecule is CC(C)C(CN)CNC1CC(=O)N(C)C1=O. The van der Waals surface area contributed by atoms with E-state index in [1.54, 1.807) is 0 Å². The summed E-state index contributed by atoms with van der Waals surface area (Å²) in [6.45, 7) is 5.49. The van der Waals surface area contributed by atoms with Crippen LogP contribution in [-0.2, 0) is 9.59 Å². The molecule has 0 spiro atoms. The van der Waals surface area contributed by atoms with Crippen molar-refractivity contribution in [2.75, 3.05) is 20.1 Å². The van der Waals surface area contributed by atoms with Gasteiger partial charge in [-0.25, -0.2) is 0 Å². The maximum atomic E-state index is 11.6. The van der Waals surface area contributed by atoms with Crippen LogP contribution in [0, 0.1) is 11.8 Å². The monoisotopic (exact) mass is 227 g/mol. The Labute approximate surface area is 96.4 Å². The molecule has 1 aliphatic rings. The van der Waals surface area contributed by atoms with Crippen molar-refractivity contribution in [2.45, 2.75) is 26.3 Å². The third kappa shape index (κ3) is 2.80. The van der Waals surface area contributed by atoms with Gasteiger partial charge in [-0.1, -0.05) is 13.8 Å². The van der Waals surface area contributed by atoms with Crippen molar-refractivity contribution in [1.82, 2.24) is 10.2 Å². The first-order chi connectivity index (χ1) is 7.47. The van der Waals surface area contributed by atoms with Crippen molar-refractivity contribution >= 4 is 11.8 Å². The first-order valence-corrected chi connectivity index (χ1v) is 5.71. The molecule has 2 atom stereocenters. The summed E-state index contributed by atoms with van der Waals surface area (Å²) in [7, 11) is 1.52. The molecule has 92 valence electrons. The molecule has 0 aromatic carbocycles. The largest absolute Gasteiger partial charge is 0.330 e. The van der Waals surface area contributed by atoms with Gasteiger partial charge in [0.05, 0.1) is 12.5 Å². The quantitative estimate of drug-likeness (QED) is 0.625. The van der Waals surface area contributed by atoms with Gasteiger partial charge in [-0.05, 0) is 18.4 Å². The number of nitrogens with two attached hydrogens (primary N) is 1. The van der Waals surface area contributed by atoms with E-state index >= 15 is 0 Å². The highest BCUT2D eigenvalue weighted by atomic mass is 16.2. The highest BCUT2D eigenvalue weighted by Gasteiger charge is 2.35. The smallest absolute Gasteiger partial charge is 0.246 e. The van der Waals surface area contributed by atoms with Gasteiger partial charge in [0.25, 0.3) is 0 Å². The summed E-state index contributed by atoms with van der Waals surface area (Å²) in [5.74, 6) is 0.567. The van der Waals surface area contributed by atoms with Crippen LogP contribution in [-0.4, -0.2) is 42.9 Å². The van der Waals surface area contributed by atoms with Crippen LogP contribution in [0.3, 0.4) is 0 Å². The number of amides is 2. The molecule has 2 amide bonds. The molecule has 0 saturated carbocycles. The van der Waals surface area contributed by atoms with E-state index in [0.717, 1.165) is 0 Å². The average Bonchev–Trinajstić information content (AvgIpc) is 2.47. The van der Waals surface area contributed by atoms with E-state index in [9.17, 15) is 9.59 Å². The Hall–Kier alpha value is -0.940. The van der Waals surface area contributed by atoms with Crippen molar-refractivity contribution in [2.24, 2.45) is 17.6 Å². The van der Waals surface area contributed by atoms with Crippen LogP contribution in [0.4, 0.5) is 0 Å². The zero-order chi connectivity index (χ0) is 12.3. The van der Waals surface area contributed by atoms with Crippen LogP contribution in [0.15, 0.2) is 0 Å². The van der Waals surface area contributed by atoms with Gasteiger partial charge in [-0.3, -0.25) is 14.5 Å². The number of nitrogens with zero attached hydrogens (tertiary/aromatic N) is 1. The zero-order valence-corrected chi connectivity index (χ0v) is 10.2. The Kier molecular flexibility index (Phi) is 4.44. The summed E-state index contributed by atoms with van der Waals surface area (Å²) in [5, 5.41) is 3.13. The van der Waals surface area contributed by atoms with Crippen LogP contribution in [0.5, 0.6) is 0 Å². The van der Waals surface area contributed by atoms with Crippen LogP contribution >= 0.6 is 0 Å². The van der Waals surface area contributed by atoms with E-state index in [1.807, 2.05) is 0 Å². The molecule has 16 heavy (non-hydrogen) atoms. The Morgan fingerprint density at radius 3 is 2.50 bits per heavy atom. The minimum absolute atomic E-state index is 0.114. The van der Waals surface area contributed by atoms with Gasteiger partial charge in [0.1, 0.15) is 0 Å². The molecule has 3 N–H and O–H groups in total. The van der Waals surface area contributed by atoms with E-state index < -0.39 is 0 Å². The van der Waals surface area contributed by atoms with Crippen molar-refractivity contribution in [3.8, 4) is 0 Å². The van der Waals surface area contributed by atoms with Gasteiger partial charge >= 0.3 is 0 Å². The second-order valence-electron chi connectivity index (χ2n) is 4.70. The average molecular weight is 227 g/mol. The minimum Gasteiger partial charge on any atom is -0.330 e. The third-order valence-corrected chi connectivity index (χ3v) is 3.25. The number of likely N-dealkylation sites (tertiary alicyclic amines) is 1. The molecular weight excluding hydrogens is 206 g/mol. The van der Waals surface area contributed by atoms with Crippen LogP contribution < -0.4 is 11.1 Å². The molecule has 0 aromatic heterocycles. The first kappa shape index (κ1) is 13.1. The number of rotatable bonds is 5. The standard InChI is InChI=1S/C11H21N3O2/c1-7(2)8(5-12)6-13-9-4-10(15)14(3)11(9)16/h7-9,13H,4-6,12H2,1-3H3. The number of carbonyl (C=O) groups is 2. The van der Waals surface area contributed by atoms with Crippen LogP contribution in [0.25, 0.3) is 0 Å². The number of hydrogen-bond acceptors (Lipinski definition) is 4. The predicted molar refractivity (Wildman–Crippen MR) is 61.6 cm³/mol. The number of likely N-dealkylation sites (N-methyl/N-ethyl adjacent to an activating group) is 1. The van der Waals surface area contributed by atoms with Crippen molar-refractivity contribution in [3.05, 3.63) is 0 Å². The number of hydrogen-bond donors (Lipinski definition) is 2. The van der Waals surface area contributed by atoms with Gasteiger partial charge < -0.3 is 11.1 Å². The molecule has 2 unspecified atom stereocenters.